The molecule has 1 heterocycles. The van der Waals surface area contributed by atoms with E-state index in [1.165, 1.54) is 0 Å². The second-order valence-electron chi connectivity index (χ2n) is 6.76. The number of halogens is 1. The number of nitrogens with one attached hydrogen (secondary N) is 1. The lowest BCUT2D eigenvalue weighted by atomic mass is 10.0. The molecular weight excluding hydrogens is 372 g/mol. The number of anilines is 1. The van der Waals surface area contributed by atoms with Crippen LogP contribution in [-0.4, -0.2) is 26.9 Å². The lowest BCUT2D eigenvalue weighted by Crippen LogP contribution is -2.35. The Labute approximate surface area is 158 Å². The summed E-state index contributed by atoms with van der Waals surface area (Å²) in [5.74, 6) is -0.125. The summed E-state index contributed by atoms with van der Waals surface area (Å²) < 4.78 is 27.6. The van der Waals surface area contributed by atoms with E-state index in [1.54, 1.807) is 47.4 Å². The van der Waals surface area contributed by atoms with Crippen molar-refractivity contribution >= 4 is 33.2 Å². The summed E-state index contributed by atoms with van der Waals surface area (Å²) in [6.45, 7) is 0.602. The highest BCUT2D eigenvalue weighted by atomic mass is 35.5. The minimum Gasteiger partial charge on any atom is -0.308 e. The van der Waals surface area contributed by atoms with E-state index < -0.39 is 10.0 Å². The van der Waals surface area contributed by atoms with Gasteiger partial charge in [-0.25, -0.2) is 13.1 Å². The summed E-state index contributed by atoms with van der Waals surface area (Å²) in [7, 11) is -3.50. The van der Waals surface area contributed by atoms with Gasteiger partial charge in [-0.05, 0) is 67.6 Å². The highest BCUT2D eigenvalue weighted by Gasteiger charge is 2.30. The van der Waals surface area contributed by atoms with Crippen molar-refractivity contribution in [2.24, 2.45) is 0 Å². The lowest BCUT2D eigenvalue weighted by Gasteiger charge is -2.30. The fourth-order valence-electron chi connectivity index (χ4n) is 3.22. The lowest BCUT2D eigenvalue weighted by molar-refractivity contribution is 0.0985. The molecule has 1 amide bonds. The topological polar surface area (TPSA) is 66.5 Å². The van der Waals surface area contributed by atoms with Gasteiger partial charge in [-0.3, -0.25) is 4.79 Å². The van der Waals surface area contributed by atoms with Gasteiger partial charge in [0.05, 0.1) is 4.90 Å². The van der Waals surface area contributed by atoms with Crippen LogP contribution in [0.3, 0.4) is 0 Å². The second-order valence-corrected chi connectivity index (χ2v) is 8.91. The van der Waals surface area contributed by atoms with E-state index in [-0.39, 0.29) is 16.8 Å². The van der Waals surface area contributed by atoms with E-state index >= 15 is 0 Å². The molecule has 7 heteroatoms. The number of fused-ring (bicyclic) bond motifs is 1. The number of carbonyl (C=O) groups excluding carboxylic acids is 1. The first-order valence-corrected chi connectivity index (χ1v) is 10.5. The first kappa shape index (κ1) is 17.5. The molecule has 0 spiro atoms. The molecule has 1 N–H and O–H groups in total. The molecule has 5 nitrogen and oxygen atoms in total. The minimum atomic E-state index is -3.50. The second kappa shape index (κ2) is 6.68. The van der Waals surface area contributed by atoms with E-state index in [9.17, 15) is 13.2 Å². The van der Waals surface area contributed by atoms with Crippen LogP contribution in [0.2, 0.25) is 5.02 Å². The predicted molar refractivity (Wildman–Crippen MR) is 101 cm³/mol. The molecule has 26 heavy (non-hydrogen) atoms. The Morgan fingerprint density at radius 2 is 1.96 bits per heavy atom. The van der Waals surface area contributed by atoms with Crippen LogP contribution in [0.5, 0.6) is 0 Å². The van der Waals surface area contributed by atoms with Gasteiger partial charge in [0.15, 0.2) is 0 Å². The van der Waals surface area contributed by atoms with Crippen molar-refractivity contribution in [1.82, 2.24) is 4.72 Å². The third kappa shape index (κ3) is 3.49. The van der Waals surface area contributed by atoms with Gasteiger partial charge in [0.25, 0.3) is 5.91 Å². The Bertz CT molecular complexity index is 970. The number of sulfonamides is 1. The molecule has 0 atom stereocenters. The van der Waals surface area contributed by atoms with Crippen molar-refractivity contribution < 1.29 is 13.2 Å². The van der Waals surface area contributed by atoms with Crippen LogP contribution >= 0.6 is 11.6 Å². The van der Waals surface area contributed by atoms with E-state index in [0.29, 0.717) is 17.1 Å². The molecule has 1 aliphatic carbocycles. The van der Waals surface area contributed by atoms with Crippen LogP contribution < -0.4 is 9.62 Å². The molecule has 0 bridgehead atoms. The average molecular weight is 391 g/mol. The number of amides is 1. The zero-order chi connectivity index (χ0) is 18.3. The number of aryl methyl sites for hydroxylation is 1. The van der Waals surface area contributed by atoms with Gasteiger partial charge < -0.3 is 4.90 Å². The van der Waals surface area contributed by atoms with Crippen LogP contribution in [0.1, 0.15) is 35.2 Å². The van der Waals surface area contributed by atoms with Crippen LogP contribution in [0, 0.1) is 0 Å². The van der Waals surface area contributed by atoms with E-state index in [0.717, 1.165) is 36.9 Å². The SMILES string of the molecule is O=C(c1cccc(Cl)c1)N1CCCc2cc(S(=O)(=O)NC3CC3)ccc21. The molecule has 0 aromatic heterocycles. The minimum absolute atomic E-state index is 0.0666. The first-order chi connectivity index (χ1) is 12.4. The van der Waals surface area contributed by atoms with Gasteiger partial charge in [0.2, 0.25) is 10.0 Å². The molecule has 136 valence electrons. The van der Waals surface area contributed by atoms with Gasteiger partial charge in [-0.15, -0.1) is 0 Å². The van der Waals surface area contributed by atoms with Crippen LogP contribution in [0.4, 0.5) is 5.69 Å². The van der Waals surface area contributed by atoms with Gasteiger partial charge in [0, 0.05) is 28.9 Å². The molecular formula is C19H19ClN2O3S. The summed E-state index contributed by atoms with van der Waals surface area (Å²) in [4.78, 5) is 14.9. The number of benzene rings is 2. The Kier molecular flexibility index (Phi) is 4.50. The largest absolute Gasteiger partial charge is 0.308 e. The fraction of sp³-hybridized carbons (Fsp3) is 0.316. The number of hydrogen-bond donors (Lipinski definition) is 1. The van der Waals surface area contributed by atoms with Crippen LogP contribution in [-0.2, 0) is 16.4 Å². The Balaban J connectivity index is 1.65. The molecule has 1 aliphatic heterocycles. The van der Waals surface area contributed by atoms with Gasteiger partial charge in [-0.2, -0.15) is 0 Å². The quantitative estimate of drug-likeness (QED) is 0.870. The van der Waals surface area contributed by atoms with Crippen LogP contribution in [0.15, 0.2) is 47.4 Å². The predicted octanol–water partition coefficient (Wildman–Crippen LogP) is 3.37. The molecule has 2 aromatic carbocycles. The summed E-state index contributed by atoms with van der Waals surface area (Å²) >= 11 is 6.00. The number of carbonyl (C=O) groups is 1. The highest BCUT2D eigenvalue weighted by Crippen LogP contribution is 2.31. The zero-order valence-corrected chi connectivity index (χ0v) is 15.7. The Morgan fingerprint density at radius 3 is 2.69 bits per heavy atom. The smallest absolute Gasteiger partial charge is 0.258 e. The molecule has 0 radical (unpaired) electrons. The van der Waals surface area contributed by atoms with E-state index in [4.69, 9.17) is 11.6 Å². The zero-order valence-electron chi connectivity index (χ0n) is 14.1. The summed E-state index contributed by atoms with van der Waals surface area (Å²) in [6.07, 6.45) is 3.33. The van der Waals surface area contributed by atoms with Crippen LogP contribution in [0.25, 0.3) is 0 Å². The fourth-order valence-corrected chi connectivity index (χ4v) is 4.76. The van der Waals surface area contributed by atoms with Crippen molar-refractivity contribution in [2.75, 3.05) is 11.4 Å². The van der Waals surface area contributed by atoms with Gasteiger partial charge in [0.1, 0.15) is 0 Å². The summed E-state index contributed by atoms with van der Waals surface area (Å²) in [5, 5.41) is 0.515. The number of rotatable bonds is 4. The van der Waals surface area contributed by atoms with Crippen molar-refractivity contribution in [3.05, 3.63) is 58.6 Å². The Hall–Kier alpha value is -1.89. The molecule has 0 saturated heterocycles. The van der Waals surface area contributed by atoms with Crippen molar-refractivity contribution in [1.29, 1.82) is 0 Å². The van der Waals surface area contributed by atoms with E-state index in [1.807, 2.05) is 0 Å². The summed E-state index contributed by atoms with van der Waals surface area (Å²) in [5.41, 5.74) is 2.18. The highest BCUT2D eigenvalue weighted by molar-refractivity contribution is 7.89. The van der Waals surface area contributed by atoms with Gasteiger partial charge in [-0.1, -0.05) is 17.7 Å². The first-order valence-electron chi connectivity index (χ1n) is 8.67. The molecule has 0 unspecified atom stereocenters. The maximum Gasteiger partial charge on any atom is 0.258 e. The molecule has 4 rings (SSSR count). The van der Waals surface area contributed by atoms with Gasteiger partial charge >= 0.3 is 0 Å². The van der Waals surface area contributed by atoms with Crippen molar-refractivity contribution in [2.45, 2.75) is 36.6 Å². The van der Waals surface area contributed by atoms with Crippen molar-refractivity contribution in [3.63, 3.8) is 0 Å². The third-order valence-corrected chi connectivity index (χ3v) is 6.45. The molecule has 2 aliphatic rings. The maximum absolute atomic E-state index is 12.9. The standard InChI is InChI=1S/C19H19ClN2O3S/c20-15-5-1-3-14(11-15)19(23)22-10-2-4-13-12-17(8-9-18(13)22)26(24,25)21-16-6-7-16/h1,3,5,8-9,11-12,16,21H,2,4,6-7,10H2. The summed E-state index contributed by atoms with van der Waals surface area (Å²) in [6, 6.07) is 11.9. The monoisotopic (exact) mass is 390 g/mol. The third-order valence-electron chi connectivity index (χ3n) is 4.70. The maximum atomic E-state index is 12.9. The number of nitrogens with zero attached hydrogens (tertiary/aromatic N) is 1. The van der Waals surface area contributed by atoms with E-state index in [2.05, 4.69) is 4.72 Å². The molecule has 1 fully saturated rings. The molecule has 2 aromatic rings. The van der Waals surface area contributed by atoms with Crippen molar-refractivity contribution in [3.8, 4) is 0 Å². The average Bonchev–Trinajstić information content (AvgIpc) is 3.43. The normalized spacial score (nSPS) is 17.0. The molecule has 1 saturated carbocycles. The Morgan fingerprint density at radius 1 is 1.15 bits per heavy atom. The number of hydrogen-bond acceptors (Lipinski definition) is 3.